The number of phenols is 1. The highest BCUT2D eigenvalue weighted by Crippen LogP contribution is 2.16. The summed E-state index contributed by atoms with van der Waals surface area (Å²) in [5, 5.41) is 10.1. The third-order valence-electron chi connectivity index (χ3n) is 1.59. The molecular formula is C9H11NO3. The molecule has 0 radical (unpaired) electrons. The van der Waals surface area contributed by atoms with E-state index in [0.717, 1.165) is 10.9 Å². The molecule has 1 aromatic carbocycles. The molecular weight excluding hydrogens is 170 g/mol. The third-order valence-corrected chi connectivity index (χ3v) is 1.59. The highest BCUT2D eigenvalue weighted by Gasteiger charge is 1.92. The molecule has 0 amide bonds. The second kappa shape index (κ2) is 4.39. The van der Waals surface area contributed by atoms with Gasteiger partial charge in [-0.1, -0.05) is 6.07 Å². The summed E-state index contributed by atoms with van der Waals surface area (Å²) in [5.74, 6) is 0.260. The Balaban J connectivity index is 0.000000720. The maximum Gasteiger partial charge on any atom is 0.117 e. The summed E-state index contributed by atoms with van der Waals surface area (Å²) in [6.45, 7) is 0. The summed E-state index contributed by atoms with van der Waals surface area (Å²) in [6, 6.07) is 8.98. The van der Waals surface area contributed by atoms with E-state index in [0.29, 0.717) is 0 Å². The van der Waals surface area contributed by atoms with Crippen LogP contribution in [-0.2, 0) is 0 Å². The number of aromatic nitrogens is 1. The van der Waals surface area contributed by atoms with E-state index in [1.807, 2.05) is 18.2 Å². The van der Waals surface area contributed by atoms with Crippen molar-refractivity contribution in [3.8, 4) is 5.75 Å². The number of benzene rings is 1. The van der Waals surface area contributed by atoms with Gasteiger partial charge in [0, 0.05) is 17.6 Å². The third kappa shape index (κ3) is 2.14. The molecule has 1 aromatic heterocycles. The summed E-state index contributed by atoms with van der Waals surface area (Å²) in [5.41, 5.74) is 0.826. The highest BCUT2D eigenvalue weighted by molar-refractivity contribution is 5.79. The summed E-state index contributed by atoms with van der Waals surface area (Å²) in [4.78, 5) is 4.08. The van der Waals surface area contributed by atoms with Crippen LogP contribution >= 0.6 is 0 Å². The van der Waals surface area contributed by atoms with Crippen molar-refractivity contribution in [3.63, 3.8) is 0 Å². The average Bonchev–Trinajstić information content (AvgIpc) is 2.04. The topological polar surface area (TPSA) is 96.1 Å². The monoisotopic (exact) mass is 181 g/mol. The molecule has 5 N–H and O–H groups in total. The molecule has 4 nitrogen and oxygen atoms in total. The molecule has 0 fully saturated rings. The van der Waals surface area contributed by atoms with Crippen molar-refractivity contribution in [1.29, 1.82) is 0 Å². The fourth-order valence-corrected chi connectivity index (χ4v) is 1.05. The van der Waals surface area contributed by atoms with Gasteiger partial charge < -0.3 is 16.1 Å². The van der Waals surface area contributed by atoms with Crippen molar-refractivity contribution in [2.24, 2.45) is 0 Å². The highest BCUT2D eigenvalue weighted by atomic mass is 16.3. The fraction of sp³-hybridized carbons (Fsp3) is 0. The molecule has 0 aliphatic rings. The van der Waals surface area contributed by atoms with Crippen LogP contribution in [0.5, 0.6) is 5.75 Å². The van der Waals surface area contributed by atoms with Crippen LogP contribution in [0, 0.1) is 0 Å². The van der Waals surface area contributed by atoms with Crippen molar-refractivity contribution < 1.29 is 16.1 Å². The van der Waals surface area contributed by atoms with Crippen LogP contribution in [0.15, 0.2) is 36.5 Å². The molecule has 0 bridgehead atoms. The summed E-state index contributed by atoms with van der Waals surface area (Å²) < 4.78 is 0. The lowest BCUT2D eigenvalue weighted by atomic mass is 10.2. The second-order valence-corrected chi connectivity index (χ2v) is 2.38. The minimum atomic E-state index is 0. The van der Waals surface area contributed by atoms with E-state index in [9.17, 15) is 0 Å². The molecule has 0 spiro atoms. The first-order valence-electron chi connectivity index (χ1n) is 3.40. The first kappa shape index (κ1) is 11.4. The van der Waals surface area contributed by atoms with Gasteiger partial charge in [-0.05, 0) is 18.2 Å². The number of hydrogen-bond donors (Lipinski definition) is 1. The van der Waals surface area contributed by atoms with E-state index in [1.165, 1.54) is 0 Å². The molecule has 13 heavy (non-hydrogen) atoms. The Morgan fingerprint density at radius 3 is 2.62 bits per heavy atom. The van der Waals surface area contributed by atoms with E-state index in [-0.39, 0.29) is 16.7 Å². The number of rotatable bonds is 0. The predicted molar refractivity (Wildman–Crippen MR) is 50.6 cm³/mol. The molecule has 1 heterocycles. The van der Waals surface area contributed by atoms with Gasteiger partial charge in [-0.25, -0.2) is 0 Å². The van der Waals surface area contributed by atoms with Gasteiger partial charge in [0.25, 0.3) is 0 Å². The maximum atomic E-state index is 9.09. The number of aromatic hydroxyl groups is 1. The molecule has 0 aliphatic carbocycles. The number of phenolic OH excluding ortho intramolecular Hbond substituents is 1. The summed E-state index contributed by atoms with van der Waals surface area (Å²) in [7, 11) is 0. The standard InChI is InChI=1S/C9H7NO.2H2O/c11-8-4-3-7-2-1-5-10-9(7)6-8;;/h1-6,11H;2*1H2. The smallest absolute Gasteiger partial charge is 0.117 e. The molecule has 0 unspecified atom stereocenters. The fourth-order valence-electron chi connectivity index (χ4n) is 1.05. The van der Waals surface area contributed by atoms with Crippen molar-refractivity contribution in [1.82, 2.24) is 4.98 Å². The Morgan fingerprint density at radius 1 is 1.08 bits per heavy atom. The molecule has 0 aliphatic heterocycles. The van der Waals surface area contributed by atoms with Gasteiger partial charge in [0.1, 0.15) is 5.75 Å². The SMILES string of the molecule is O.O.Oc1ccc2cccnc2c1. The number of nitrogens with zero attached hydrogens (tertiary/aromatic N) is 1. The van der Waals surface area contributed by atoms with Gasteiger partial charge in [-0.15, -0.1) is 0 Å². The lowest BCUT2D eigenvalue weighted by molar-refractivity contribution is 0.476. The van der Waals surface area contributed by atoms with Crippen LogP contribution in [0.3, 0.4) is 0 Å². The van der Waals surface area contributed by atoms with Crippen molar-refractivity contribution in [3.05, 3.63) is 36.5 Å². The molecule has 2 rings (SSSR count). The van der Waals surface area contributed by atoms with Crippen molar-refractivity contribution in [2.75, 3.05) is 0 Å². The summed E-state index contributed by atoms with van der Waals surface area (Å²) in [6.07, 6.45) is 1.71. The van der Waals surface area contributed by atoms with Gasteiger partial charge in [0.2, 0.25) is 0 Å². The zero-order valence-electron chi connectivity index (χ0n) is 6.86. The number of fused-ring (bicyclic) bond motifs is 1. The van der Waals surface area contributed by atoms with E-state index in [1.54, 1.807) is 18.3 Å². The average molecular weight is 181 g/mol. The minimum Gasteiger partial charge on any atom is -0.508 e. The van der Waals surface area contributed by atoms with Crippen molar-refractivity contribution in [2.45, 2.75) is 0 Å². The number of hydrogen-bond acceptors (Lipinski definition) is 2. The quantitative estimate of drug-likeness (QED) is 0.632. The van der Waals surface area contributed by atoms with E-state index < -0.39 is 0 Å². The van der Waals surface area contributed by atoms with Crippen LogP contribution in [0.2, 0.25) is 0 Å². The van der Waals surface area contributed by atoms with Gasteiger partial charge >= 0.3 is 0 Å². The number of pyridine rings is 1. The Kier molecular flexibility index (Phi) is 3.84. The van der Waals surface area contributed by atoms with Gasteiger partial charge in [0.05, 0.1) is 5.52 Å². The first-order valence-corrected chi connectivity index (χ1v) is 3.40. The lowest BCUT2D eigenvalue weighted by Crippen LogP contribution is -1.75. The van der Waals surface area contributed by atoms with Crippen LogP contribution in [-0.4, -0.2) is 21.0 Å². The minimum absolute atomic E-state index is 0. The maximum absolute atomic E-state index is 9.09. The molecule has 0 atom stereocenters. The first-order chi connectivity index (χ1) is 5.36. The van der Waals surface area contributed by atoms with Crippen LogP contribution < -0.4 is 0 Å². The van der Waals surface area contributed by atoms with E-state index in [4.69, 9.17) is 5.11 Å². The van der Waals surface area contributed by atoms with Crippen LogP contribution in [0.25, 0.3) is 10.9 Å². The van der Waals surface area contributed by atoms with Crippen LogP contribution in [0.1, 0.15) is 0 Å². The normalized spacial score (nSPS) is 8.62. The molecule has 0 saturated heterocycles. The Morgan fingerprint density at radius 2 is 1.85 bits per heavy atom. The summed E-state index contributed by atoms with van der Waals surface area (Å²) >= 11 is 0. The Hall–Kier alpha value is -1.65. The lowest BCUT2D eigenvalue weighted by Gasteiger charge is -1.95. The van der Waals surface area contributed by atoms with E-state index >= 15 is 0 Å². The molecule has 70 valence electrons. The second-order valence-electron chi connectivity index (χ2n) is 2.38. The predicted octanol–water partition coefficient (Wildman–Crippen LogP) is 0.291. The van der Waals surface area contributed by atoms with Gasteiger partial charge in [-0.2, -0.15) is 0 Å². The van der Waals surface area contributed by atoms with Crippen LogP contribution in [0.4, 0.5) is 0 Å². The van der Waals surface area contributed by atoms with Gasteiger partial charge in [0.15, 0.2) is 0 Å². The Labute approximate surface area is 75.1 Å². The molecule has 0 saturated carbocycles. The Bertz CT molecular complexity index is 389. The molecule has 4 heteroatoms. The van der Waals surface area contributed by atoms with E-state index in [2.05, 4.69) is 4.98 Å². The zero-order valence-corrected chi connectivity index (χ0v) is 6.86. The zero-order chi connectivity index (χ0) is 7.68. The largest absolute Gasteiger partial charge is 0.508 e. The van der Waals surface area contributed by atoms with Gasteiger partial charge in [-0.3, -0.25) is 4.98 Å². The van der Waals surface area contributed by atoms with Crippen molar-refractivity contribution >= 4 is 10.9 Å². The molecule has 2 aromatic rings.